The summed E-state index contributed by atoms with van der Waals surface area (Å²) in [6, 6.07) is 8.43. The van der Waals surface area contributed by atoms with Gasteiger partial charge in [-0.2, -0.15) is 4.98 Å². The van der Waals surface area contributed by atoms with Crippen LogP contribution in [0.15, 0.2) is 65.4 Å². The molecule has 178 valence electrons. The van der Waals surface area contributed by atoms with Gasteiger partial charge >= 0.3 is 0 Å². The average Bonchev–Trinajstić information content (AvgIpc) is 3.53. The molecule has 4 atom stereocenters. The largest absolute Gasteiger partial charge is 0.511 e. The zero-order valence-corrected chi connectivity index (χ0v) is 21.8. The van der Waals surface area contributed by atoms with Crippen molar-refractivity contribution in [3.63, 3.8) is 0 Å². The fourth-order valence-electron chi connectivity index (χ4n) is 4.41. The van der Waals surface area contributed by atoms with Crippen molar-refractivity contribution >= 4 is 40.3 Å². The van der Waals surface area contributed by atoms with E-state index in [9.17, 15) is 10.2 Å². The lowest BCUT2D eigenvalue weighted by Crippen LogP contribution is -2.33. The molecule has 34 heavy (non-hydrogen) atoms. The van der Waals surface area contributed by atoms with Crippen LogP contribution in [-0.4, -0.2) is 41.7 Å². The quantitative estimate of drug-likeness (QED) is 0.257. The van der Waals surface area contributed by atoms with Gasteiger partial charge in [0.15, 0.2) is 5.49 Å². The molecule has 3 N–H and O–H groups in total. The summed E-state index contributed by atoms with van der Waals surface area (Å²) in [5, 5.41) is 20.0. The molecule has 4 unspecified atom stereocenters. The lowest BCUT2D eigenvalue weighted by molar-refractivity contribution is 0.232. The summed E-state index contributed by atoms with van der Waals surface area (Å²) in [4.78, 5) is 12.5. The Morgan fingerprint density at radius 1 is 1.35 bits per heavy atom. The van der Waals surface area contributed by atoms with Crippen molar-refractivity contribution in [1.29, 1.82) is 0 Å². The number of hydrogen-bond donors (Lipinski definition) is 3. The van der Waals surface area contributed by atoms with Crippen LogP contribution in [0.25, 0.3) is 6.08 Å². The molecule has 1 fully saturated rings. The molecule has 2 aliphatic carbocycles. The molecule has 2 heterocycles. The van der Waals surface area contributed by atoms with Crippen LogP contribution in [-0.2, 0) is 5.41 Å². The predicted octanol–water partition coefficient (Wildman–Crippen LogP) is 4.10. The van der Waals surface area contributed by atoms with E-state index in [0.717, 1.165) is 29.3 Å². The second-order valence-corrected chi connectivity index (χ2v) is 12.0. The second-order valence-electron chi connectivity index (χ2n) is 9.38. The summed E-state index contributed by atoms with van der Waals surface area (Å²) in [6.45, 7) is 5.79. The summed E-state index contributed by atoms with van der Waals surface area (Å²) in [7, 11) is 0. The summed E-state index contributed by atoms with van der Waals surface area (Å²) in [5.74, 6) is 0.125. The number of nitrogens with one attached hydrogen (secondary N) is 1. The Bertz CT molecular complexity index is 1290. The zero-order valence-electron chi connectivity index (χ0n) is 18.8. The van der Waals surface area contributed by atoms with Crippen LogP contribution in [0.1, 0.15) is 43.4 Å². The highest BCUT2D eigenvalue weighted by molar-refractivity contribution is 14.1. The predicted molar refractivity (Wildman–Crippen MR) is 141 cm³/mol. The van der Waals surface area contributed by atoms with E-state index in [1.54, 1.807) is 0 Å². The number of nitrogens with zero attached hydrogens (tertiary/aromatic N) is 2. The van der Waals surface area contributed by atoms with E-state index in [0.29, 0.717) is 17.9 Å². The normalized spacial score (nSPS) is 26.4. The molecule has 0 spiro atoms. The maximum absolute atomic E-state index is 9.86. The molecule has 0 amide bonds. The summed E-state index contributed by atoms with van der Waals surface area (Å²) in [6.07, 6.45) is 10.5. The van der Waals surface area contributed by atoms with Gasteiger partial charge in [0.1, 0.15) is 15.3 Å². The molecule has 3 aliphatic rings. The van der Waals surface area contributed by atoms with Crippen molar-refractivity contribution in [2.45, 2.75) is 52.5 Å². The fourth-order valence-corrected chi connectivity index (χ4v) is 5.13. The molecule has 1 saturated carbocycles. The monoisotopic (exact) mass is 591 g/mol. The van der Waals surface area contributed by atoms with Crippen molar-refractivity contribution in [3.8, 4) is 6.01 Å². The number of aliphatic hydroxyl groups excluding tert-OH is 2. The molecule has 0 radical (unpaired) electrons. The van der Waals surface area contributed by atoms with Gasteiger partial charge in [0.2, 0.25) is 0 Å². The van der Waals surface area contributed by atoms with Crippen LogP contribution in [0.2, 0.25) is 0 Å². The number of benzene rings is 1. The number of halogens is 2. The number of allylic oxidation sites excluding steroid dienone is 2. The number of aromatic amines is 1. The molecule has 5 rings (SSSR count). The summed E-state index contributed by atoms with van der Waals surface area (Å²) >= 11 is 8.87. The third-order valence-electron chi connectivity index (χ3n) is 7.01. The maximum Gasteiger partial charge on any atom is 0.296 e. The molecule has 2 aromatic rings. The highest BCUT2D eigenvalue weighted by Gasteiger charge is 2.43. The van der Waals surface area contributed by atoms with E-state index in [4.69, 9.17) is 21.3 Å². The van der Waals surface area contributed by atoms with Gasteiger partial charge in [-0.15, -0.1) is 11.6 Å². The number of ether oxygens (including phenoxy) is 1. The molecular weight excluding hydrogens is 565 g/mol. The molecule has 6 nitrogen and oxygen atoms in total. The lowest BCUT2D eigenvalue weighted by atomic mass is 9.93. The van der Waals surface area contributed by atoms with E-state index in [1.807, 2.05) is 25.2 Å². The molecule has 0 saturated heterocycles. The van der Waals surface area contributed by atoms with Crippen LogP contribution in [0.5, 0.6) is 6.01 Å². The van der Waals surface area contributed by atoms with Gasteiger partial charge in [0, 0.05) is 11.8 Å². The van der Waals surface area contributed by atoms with E-state index >= 15 is 0 Å². The third kappa shape index (κ3) is 4.33. The van der Waals surface area contributed by atoms with Gasteiger partial charge in [-0.1, -0.05) is 65.6 Å². The van der Waals surface area contributed by atoms with Crippen molar-refractivity contribution in [3.05, 3.63) is 82.4 Å². The van der Waals surface area contributed by atoms with Crippen LogP contribution in [0.4, 0.5) is 0 Å². The van der Waals surface area contributed by atoms with Gasteiger partial charge in [-0.25, -0.2) is 0 Å². The Labute approximate surface area is 217 Å². The van der Waals surface area contributed by atoms with E-state index in [1.165, 1.54) is 5.56 Å². The lowest BCUT2D eigenvalue weighted by Gasteiger charge is -2.26. The average molecular weight is 592 g/mol. The first-order valence-electron chi connectivity index (χ1n) is 11.4. The number of imidazole rings is 1. The van der Waals surface area contributed by atoms with Crippen LogP contribution in [0.3, 0.4) is 0 Å². The molecule has 1 aromatic heterocycles. The van der Waals surface area contributed by atoms with Crippen molar-refractivity contribution in [2.24, 2.45) is 4.99 Å². The van der Waals surface area contributed by atoms with E-state index in [2.05, 4.69) is 69.5 Å². The Hall–Kier alpha value is -2.10. The third-order valence-corrected chi connectivity index (χ3v) is 8.62. The highest BCUT2D eigenvalue weighted by Crippen LogP contribution is 2.47. The van der Waals surface area contributed by atoms with Gasteiger partial charge in [-0.3, -0.25) is 4.99 Å². The van der Waals surface area contributed by atoms with Gasteiger partial charge in [-0.05, 0) is 48.6 Å². The number of hydrogen-bond acceptors (Lipinski definition) is 5. The Morgan fingerprint density at radius 3 is 2.68 bits per heavy atom. The van der Waals surface area contributed by atoms with Crippen LogP contribution >= 0.6 is 34.2 Å². The van der Waals surface area contributed by atoms with Crippen LogP contribution < -0.4 is 15.6 Å². The number of aliphatic hydroxyl groups is 2. The van der Waals surface area contributed by atoms with Gasteiger partial charge in [0.25, 0.3) is 6.01 Å². The Kier molecular flexibility index (Phi) is 6.14. The summed E-state index contributed by atoms with van der Waals surface area (Å²) < 4.78 is 5.52. The molecule has 1 aliphatic heterocycles. The minimum Gasteiger partial charge on any atom is -0.511 e. The number of alkyl halides is 2. The second kappa shape index (κ2) is 8.84. The first-order valence-corrected chi connectivity index (χ1v) is 12.9. The Balaban J connectivity index is 1.31. The van der Waals surface area contributed by atoms with E-state index in [-0.39, 0.29) is 35.3 Å². The Morgan fingerprint density at radius 2 is 2.09 bits per heavy atom. The van der Waals surface area contributed by atoms with E-state index < -0.39 is 3.42 Å². The standard InChI is InChI=1S/C26H27ClIN3O3/c1-15(33)25(2,28)17-7-9-19(10-8-17)34-24-29-21-13-20(27)22(30-23(21)31-24)16-3-5-18(6-4-16)26(14-32)11-12-26/h3-9,13,19-20,22,32-33H,1,10-12,14H2,2H3,(H,29,30,31). The number of H-pyrrole nitrogens is 1. The maximum atomic E-state index is 9.86. The van der Waals surface area contributed by atoms with Crippen LogP contribution in [0, 0.1) is 0 Å². The first kappa shape index (κ1) is 23.6. The van der Waals surface area contributed by atoms with Gasteiger partial charge in [0.05, 0.1) is 23.4 Å². The number of rotatable bonds is 7. The van der Waals surface area contributed by atoms with Crippen molar-refractivity contribution in [1.82, 2.24) is 9.97 Å². The molecule has 8 heteroatoms. The van der Waals surface area contributed by atoms with Crippen molar-refractivity contribution < 1.29 is 14.9 Å². The number of aromatic nitrogens is 2. The molecule has 1 aromatic carbocycles. The van der Waals surface area contributed by atoms with Crippen molar-refractivity contribution in [2.75, 3.05) is 6.61 Å². The highest BCUT2D eigenvalue weighted by atomic mass is 127. The molecule has 0 bridgehead atoms. The van der Waals surface area contributed by atoms with Gasteiger partial charge < -0.3 is 19.9 Å². The minimum atomic E-state index is -0.531. The zero-order chi connectivity index (χ0) is 24.1. The summed E-state index contributed by atoms with van der Waals surface area (Å²) in [5.41, 5.74) is 3.71. The fraction of sp³-hybridized carbons (Fsp3) is 0.385. The first-order chi connectivity index (χ1) is 16.2. The molecular formula is C26H27ClIN3O3. The topological polar surface area (TPSA) is 90.7 Å². The smallest absolute Gasteiger partial charge is 0.296 e. The SMILES string of the molecule is C=C(O)C(C)(I)C1=CCC(Oc2nc3c([nH]2)=CC(Cl)C(c2ccc(C4(CO)CC4)cc2)N=3)C=C1. The number of fused-ring (bicyclic) bond motifs is 1. The minimum absolute atomic E-state index is 0.0543.